The molecule has 0 unspecified atom stereocenters. The Bertz CT molecular complexity index is 731. The maximum Gasteiger partial charge on any atom is 0.338 e. The number of nitrogens with one attached hydrogen (secondary N) is 2. The smallest absolute Gasteiger partial charge is 0.338 e. The van der Waals surface area contributed by atoms with Gasteiger partial charge in [0, 0.05) is 5.70 Å². The van der Waals surface area contributed by atoms with E-state index in [0.717, 1.165) is 12.0 Å². The fourth-order valence-electron chi connectivity index (χ4n) is 2.81. The molecule has 1 aromatic rings. The van der Waals surface area contributed by atoms with Crippen molar-refractivity contribution in [3.05, 3.63) is 35.0 Å². The van der Waals surface area contributed by atoms with Crippen LogP contribution in [0.25, 0.3) is 0 Å². The summed E-state index contributed by atoms with van der Waals surface area (Å²) in [6.07, 6.45) is 0.962. The molecule has 1 aliphatic rings. The van der Waals surface area contributed by atoms with E-state index < -0.39 is 6.04 Å². The Hall–Kier alpha value is -2.28. The summed E-state index contributed by atoms with van der Waals surface area (Å²) < 4.78 is 16.6. The van der Waals surface area contributed by atoms with E-state index in [1.54, 1.807) is 14.0 Å². The standard InChI is InChI=1S/C20H28N2O4S/c1-6-25-19(23)17-13(4)21-20(27)22-18(17)14-7-8-15(16(11-14)24-5)26-10-9-12(2)3/h7-8,11-12,18H,6,9-10H2,1-5H3,(H2,21,22,27)/t18-/m1/s1. The van der Waals surface area contributed by atoms with Gasteiger partial charge in [0.25, 0.3) is 0 Å². The molecular formula is C20H28N2O4S. The highest BCUT2D eigenvalue weighted by molar-refractivity contribution is 7.80. The molecule has 0 spiro atoms. The molecule has 27 heavy (non-hydrogen) atoms. The monoisotopic (exact) mass is 392 g/mol. The van der Waals surface area contributed by atoms with E-state index >= 15 is 0 Å². The summed E-state index contributed by atoms with van der Waals surface area (Å²) in [6.45, 7) is 8.83. The second-order valence-electron chi connectivity index (χ2n) is 6.73. The molecule has 0 radical (unpaired) electrons. The summed E-state index contributed by atoms with van der Waals surface area (Å²) >= 11 is 5.27. The van der Waals surface area contributed by atoms with Crippen molar-refractivity contribution in [2.45, 2.75) is 40.2 Å². The van der Waals surface area contributed by atoms with Crippen LogP contribution in [0.2, 0.25) is 0 Å². The number of hydrogen-bond acceptors (Lipinski definition) is 5. The zero-order valence-electron chi connectivity index (χ0n) is 16.5. The summed E-state index contributed by atoms with van der Waals surface area (Å²) in [7, 11) is 1.60. The molecule has 1 atom stereocenters. The zero-order chi connectivity index (χ0) is 20.0. The van der Waals surface area contributed by atoms with Gasteiger partial charge in [-0.2, -0.15) is 0 Å². The van der Waals surface area contributed by atoms with Gasteiger partial charge in [-0.1, -0.05) is 19.9 Å². The summed E-state index contributed by atoms with van der Waals surface area (Å²) in [6, 6.07) is 5.21. The quantitative estimate of drug-likeness (QED) is 0.518. The summed E-state index contributed by atoms with van der Waals surface area (Å²) in [4.78, 5) is 12.5. The van der Waals surface area contributed by atoms with Crippen LogP contribution < -0.4 is 20.1 Å². The molecule has 2 N–H and O–H groups in total. The van der Waals surface area contributed by atoms with E-state index in [0.29, 0.717) is 47.0 Å². The molecule has 0 saturated heterocycles. The third-order valence-electron chi connectivity index (χ3n) is 4.24. The normalized spacial score (nSPS) is 16.7. The maximum atomic E-state index is 12.5. The molecule has 1 heterocycles. The average molecular weight is 393 g/mol. The van der Waals surface area contributed by atoms with Crippen LogP contribution in [-0.4, -0.2) is 31.4 Å². The van der Waals surface area contributed by atoms with E-state index in [9.17, 15) is 4.79 Å². The summed E-state index contributed by atoms with van der Waals surface area (Å²) in [5.41, 5.74) is 2.02. The molecule has 2 rings (SSSR count). The SMILES string of the molecule is CCOC(=O)C1=C(C)NC(=S)N[C@@H]1c1ccc(OCCC(C)C)c(OC)c1. The van der Waals surface area contributed by atoms with Crippen LogP contribution >= 0.6 is 12.2 Å². The summed E-state index contributed by atoms with van der Waals surface area (Å²) in [5, 5.41) is 6.60. The van der Waals surface area contributed by atoms with E-state index in [4.69, 9.17) is 26.4 Å². The fourth-order valence-corrected chi connectivity index (χ4v) is 3.08. The second-order valence-corrected chi connectivity index (χ2v) is 7.14. The number of thiocarbonyl (C=S) groups is 1. The first-order valence-corrected chi connectivity index (χ1v) is 9.54. The van der Waals surface area contributed by atoms with E-state index in [-0.39, 0.29) is 5.97 Å². The number of ether oxygens (including phenoxy) is 3. The molecule has 1 aliphatic heterocycles. The van der Waals surface area contributed by atoms with Gasteiger partial charge in [-0.15, -0.1) is 0 Å². The van der Waals surface area contributed by atoms with Crippen LogP contribution in [0.4, 0.5) is 0 Å². The third kappa shape index (κ3) is 5.35. The fraction of sp³-hybridized carbons (Fsp3) is 0.500. The minimum absolute atomic E-state index is 0.304. The first-order chi connectivity index (χ1) is 12.9. The molecule has 7 heteroatoms. The lowest BCUT2D eigenvalue weighted by molar-refractivity contribution is -0.139. The first kappa shape index (κ1) is 21.0. The molecule has 1 aromatic carbocycles. The van der Waals surface area contributed by atoms with Crippen molar-refractivity contribution in [2.75, 3.05) is 20.3 Å². The highest BCUT2D eigenvalue weighted by Crippen LogP contribution is 2.34. The Morgan fingerprint density at radius 3 is 2.67 bits per heavy atom. The van der Waals surface area contributed by atoms with Gasteiger partial charge in [0.05, 0.1) is 31.9 Å². The highest BCUT2D eigenvalue weighted by atomic mass is 32.1. The molecule has 0 aromatic heterocycles. The Labute approximate surface area is 166 Å². The van der Waals surface area contributed by atoms with Gasteiger partial charge in [-0.05, 0) is 56.1 Å². The van der Waals surface area contributed by atoms with Gasteiger partial charge >= 0.3 is 5.97 Å². The Kier molecular flexibility index (Phi) is 7.47. The van der Waals surface area contributed by atoms with Crippen LogP contribution in [0.1, 0.15) is 45.7 Å². The minimum atomic E-state index is -0.420. The lowest BCUT2D eigenvalue weighted by atomic mass is 9.95. The maximum absolute atomic E-state index is 12.5. The van der Waals surface area contributed by atoms with Crippen molar-refractivity contribution in [1.82, 2.24) is 10.6 Å². The number of allylic oxidation sites excluding steroid dienone is 1. The molecule has 0 fully saturated rings. The molecular weight excluding hydrogens is 364 g/mol. The van der Waals surface area contributed by atoms with Crippen LogP contribution in [0, 0.1) is 5.92 Å². The van der Waals surface area contributed by atoms with Crippen LogP contribution in [0.3, 0.4) is 0 Å². The van der Waals surface area contributed by atoms with E-state index in [1.165, 1.54) is 0 Å². The molecule has 0 saturated carbocycles. The number of benzene rings is 1. The van der Waals surface area contributed by atoms with Gasteiger partial charge in [0.15, 0.2) is 16.6 Å². The molecule has 6 nitrogen and oxygen atoms in total. The lowest BCUT2D eigenvalue weighted by Gasteiger charge is -2.30. The van der Waals surface area contributed by atoms with Crippen molar-refractivity contribution in [1.29, 1.82) is 0 Å². The van der Waals surface area contributed by atoms with Gasteiger partial charge in [-0.25, -0.2) is 4.79 Å². The predicted octanol–water partition coefficient (Wildman–Crippen LogP) is 3.48. The van der Waals surface area contributed by atoms with Crippen molar-refractivity contribution in [3.8, 4) is 11.5 Å². The van der Waals surface area contributed by atoms with Crippen molar-refractivity contribution >= 4 is 23.3 Å². The molecule has 0 bridgehead atoms. The van der Waals surface area contributed by atoms with E-state index in [1.807, 2.05) is 25.1 Å². The summed E-state index contributed by atoms with van der Waals surface area (Å²) in [5.74, 6) is 1.48. The molecule has 0 amide bonds. The number of carbonyl (C=O) groups excluding carboxylic acids is 1. The second kappa shape index (κ2) is 9.60. The van der Waals surface area contributed by atoms with Gasteiger partial charge in [0.1, 0.15) is 0 Å². The van der Waals surface area contributed by atoms with Crippen LogP contribution in [0.15, 0.2) is 29.5 Å². The van der Waals surface area contributed by atoms with Gasteiger partial charge in [0.2, 0.25) is 0 Å². The Morgan fingerprint density at radius 1 is 1.30 bits per heavy atom. The molecule has 148 valence electrons. The largest absolute Gasteiger partial charge is 0.493 e. The van der Waals surface area contributed by atoms with Crippen LogP contribution in [-0.2, 0) is 9.53 Å². The van der Waals surface area contributed by atoms with Gasteiger partial charge < -0.3 is 24.8 Å². The van der Waals surface area contributed by atoms with Crippen molar-refractivity contribution in [2.24, 2.45) is 5.92 Å². The molecule has 0 aliphatic carbocycles. The Balaban J connectivity index is 2.32. The van der Waals surface area contributed by atoms with Gasteiger partial charge in [-0.3, -0.25) is 0 Å². The highest BCUT2D eigenvalue weighted by Gasteiger charge is 2.31. The topological polar surface area (TPSA) is 68.8 Å². The first-order valence-electron chi connectivity index (χ1n) is 9.13. The minimum Gasteiger partial charge on any atom is -0.493 e. The number of methoxy groups -OCH3 is 1. The average Bonchev–Trinajstić information content (AvgIpc) is 2.61. The van der Waals surface area contributed by atoms with Crippen LogP contribution in [0.5, 0.6) is 11.5 Å². The number of hydrogen-bond donors (Lipinski definition) is 2. The number of carbonyl (C=O) groups is 1. The van der Waals surface area contributed by atoms with Crippen molar-refractivity contribution < 1.29 is 19.0 Å². The third-order valence-corrected chi connectivity index (χ3v) is 4.46. The number of esters is 1. The Morgan fingerprint density at radius 2 is 2.04 bits per heavy atom. The zero-order valence-corrected chi connectivity index (χ0v) is 17.4. The predicted molar refractivity (Wildman–Crippen MR) is 109 cm³/mol. The number of rotatable bonds is 8. The van der Waals surface area contributed by atoms with Crippen molar-refractivity contribution in [3.63, 3.8) is 0 Å². The van der Waals surface area contributed by atoms with E-state index in [2.05, 4.69) is 24.5 Å². The lowest BCUT2D eigenvalue weighted by Crippen LogP contribution is -2.45.